The van der Waals surface area contributed by atoms with Gasteiger partial charge in [0.1, 0.15) is 0 Å². The van der Waals surface area contributed by atoms with Crippen LogP contribution < -0.4 is 5.32 Å². The van der Waals surface area contributed by atoms with E-state index in [1.165, 1.54) is 24.5 Å². The van der Waals surface area contributed by atoms with Crippen LogP contribution in [0.25, 0.3) is 0 Å². The molecule has 0 radical (unpaired) electrons. The zero-order valence-electron chi connectivity index (χ0n) is 13.1. The number of methoxy groups -OCH3 is 1. The number of benzene rings is 1. The fourth-order valence-electron chi connectivity index (χ4n) is 2.02. The topological polar surface area (TPSA) is 58.6 Å². The molecule has 2 amide bonds. The lowest BCUT2D eigenvalue weighted by molar-refractivity contribution is 0.0601. The van der Waals surface area contributed by atoms with Gasteiger partial charge in [0.05, 0.1) is 28.6 Å². The average molecular weight is 387 g/mol. The van der Waals surface area contributed by atoms with Gasteiger partial charge in [-0.05, 0) is 37.3 Å². The van der Waals surface area contributed by atoms with Gasteiger partial charge in [-0.15, -0.1) is 11.3 Å². The summed E-state index contributed by atoms with van der Waals surface area (Å²) < 4.78 is 5.35. The third kappa shape index (κ3) is 4.63. The lowest BCUT2D eigenvalue weighted by atomic mass is 10.2. The zero-order valence-corrected chi connectivity index (χ0v) is 15.5. The number of amides is 2. The number of nitrogens with one attached hydrogen (secondary N) is 1. The quantitative estimate of drug-likeness (QED) is 0.743. The van der Waals surface area contributed by atoms with Gasteiger partial charge in [0.25, 0.3) is 0 Å². The van der Waals surface area contributed by atoms with Crippen molar-refractivity contribution in [2.45, 2.75) is 13.5 Å². The molecule has 0 spiro atoms. The van der Waals surface area contributed by atoms with Crippen molar-refractivity contribution in [2.24, 2.45) is 0 Å². The monoisotopic (exact) mass is 386 g/mol. The Morgan fingerprint density at radius 1 is 1.25 bits per heavy atom. The highest BCUT2D eigenvalue weighted by atomic mass is 35.5. The summed E-state index contributed by atoms with van der Waals surface area (Å²) in [6.45, 7) is 2.87. The normalized spacial score (nSPS) is 10.3. The first-order valence-electron chi connectivity index (χ1n) is 7.12. The molecule has 1 N–H and O–H groups in total. The van der Waals surface area contributed by atoms with Gasteiger partial charge in [0, 0.05) is 17.1 Å². The molecule has 0 aliphatic heterocycles. The molecule has 24 heavy (non-hydrogen) atoms. The SMILES string of the molecule is CCN(Cc1ccc(Cl)s1)C(=O)Nc1ccc(Cl)c(C(=O)OC)c1. The molecule has 0 aliphatic carbocycles. The van der Waals surface area contributed by atoms with E-state index in [-0.39, 0.29) is 16.6 Å². The summed E-state index contributed by atoms with van der Waals surface area (Å²) in [6, 6.07) is 8.07. The number of halogens is 2. The Morgan fingerprint density at radius 2 is 2.00 bits per heavy atom. The van der Waals surface area contributed by atoms with Crippen LogP contribution in [0.15, 0.2) is 30.3 Å². The minimum atomic E-state index is -0.559. The van der Waals surface area contributed by atoms with Crippen molar-refractivity contribution in [3.63, 3.8) is 0 Å². The zero-order chi connectivity index (χ0) is 17.7. The number of ether oxygens (including phenoxy) is 1. The molecule has 1 heterocycles. The summed E-state index contributed by atoms with van der Waals surface area (Å²) in [6.07, 6.45) is 0. The molecule has 0 unspecified atom stereocenters. The number of carbonyl (C=O) groups excluding carboxylic acids is 2. The molecule has 8 heteroatoms. The van der Waals surface area contributed by atoms with Crippen LogP contribution >= 0.6 is 34.5 Å². The van der Waals surface area contributed by atoms with Crippen LogP contribution in [0.3, 0.4) is 0 Å². The van der Waals surface area contributed by atoms with Crippen molar-refractivity contribution in [2.75, 3.05) is 19.0 Å². The Balaban J connectivity index is 2.11. The minimum absolute atomic E-state index is 0.199. The van der Waals surface area contributed by atoms with Crippen LogP contribution in [0.2, 0.25) is 9.36 Å². The average Bonchev–Trinajstić information content (AvgIpc) is 2.98. The number of urea groups is 1. The second-order valence-electron chi connectivity index (χ2n) is 4.84. The van der Waals surface area contributed by atoms with E-state index in [9.17, 15) is 9.59 Å². The molecule has 0 bridgehead atoms. The molecular weight excluding hydrogens is 371 g/mol. The van der Waals surface area contributed by atoms with Crippen LogP contribution in [0.1, 0.15) is 22.2 Å². The Labute approximate surface area is 154 Å². The summed E-state index contributed by atoms with van der Waals surface area (Å²) in [7, 11) is 1.27. The second-order valence-corrected chi connectivity index (χ2v) is 7.04. The van der Waals surface area contributed by atoms with Crippen LogP contribution in [-0.2, 0) is 11.3 Å². The molecule has 0 atom stereocenters. The molecule has 2 rings (SSSR count). The van der Waals surface area contributed by atoms with Crippen molar-refractivity contribution < 1.29 is 14.3 Å². The van der Waals surface area contributed by atoms with Crippen LogP contribution in [-0.4, -0.2) is 30.6 Å². The van der Waals surface area contributed by atoms with E-state index in [0.717, 1.165) is 4.88 Å². The van der Waals surface area contributed by atoms with Gasteiger partial charge in [-0.2, -0.15) is 0 Å². The third-order valence-corrected chi connectivity index (χ3v) is 4.81. The second kappa shape index (κ2) is 8.37. The summed E-state index contributed by atoms with van der Waals surface area (Å²) in [4.78, 5) is 26.7. The van der Waals surface area contributed by atoms with E-state index < -0.39 is 5.97 Å². The summed E-state index contributed by atoms with van der Waals surface area (Å²) in [5, 5.41) is 3.02. The van der Waals surface area contributed by atoms with Crippen molar-refractivity contribution in [1.29, 1.82) is 0 Å². The first kappa shape index (κ1) is 18.6. The van der Waals surface area contributed by atoms with Crippen molar-refractivity contribution in [1.82, 2.24) is 4.90 Å². The highest BCUT2D eigenvalue weighted by Gasteiger charge is 2.16. The van der Waals surface area contributed by atoms with E-state index in [2.05, 4.69) is 10.1 Å². The minimum Gasteiger partial charge on any atom is -0.465 e. The lowest BCUT2D eigenvalue weighted by Gasteiger charge is -2.21. The van der Waals surface area contributed by atoms with Gasteiger partial charge in [-0.25, -0.2) is 9.59 Å². The molecule has 5 nitrogen and oxygen atoms in total. The fraction of sp³-hybridized carbons (Fsp3) is 0.250. The number of hydrogen-bond acceptors (Lipinski definition) is 4. The number of rotatable bonds is 5. The maximum absolute atomic E-state index is 12.4. The predicted octanol–water partition coefficient (Wildman–Crippen LogP) is 4.90. The Hall–Kier alpha value is -1.76. The van der Waals surface area contributed by atoms with Crippen LogP contribution in [0, 0.1) is 0 Å². The Bertz CT molecular complexity index is 749. The molecule has 0 saturated carbocycles. The maximum atomic E-state index is 12.4. The molecule has 2 aromatic rings. The number of nitrogens with zero attached hydrogens (tertiary/aromatic N) is 1. The molecule has 0 fully saturated rings. The van der Waals surface area contributed by atoms with Gasteiger partial charge in [-0.1, -0.05) is 23.2 Å². The summed E-state index contributed by atoms with van der Waals surface area (Å²) >= 11 is 13.3. The third-order valence-electron chi connectivity index (χ3n) is 3.27. The largest absolute Gasteiger partial charge is 0.465 e. The smallest absolute Gasteiger partial charge is 0.339 e. The molecule has 128 valence electrons. The number of hydrogen-bond donors (Lipinski definition) is 1. The predicted molar refractivity (Wildman–Crippen MR) is 97.2 cm³/mol. The van der Waals surface area contributed by atoms with Crippen LogP contribution in [0.4, 0.5) is 10.5 Å². The van der Waals surface area contributed by atoms with E-state index >= 15 is 0 Å². The highest BCUT2D eigenvalue weighted by molar-refractivity contribution is 7.16. The van der Waals surface area contributed by atoms with Gasteiger partial charge in [0.2, 0.25) is 0 Å². The molecular formula is C16H16Cl2N2O3S. The first-order valence-corrected chi connectivity index (χ1v) is 8.69. The molecule has 1 aromatic carbocycles. The Morgan fingerprint density at radius 3 is 2.58 bits per heavy atom. The summed E-state index contributed by atoms with van der Waals surface area (Å²) in [5.74, 6) is -0.559. The lowest BCUT2D eigenvalue weighted by Crippen LogP contribution is -2.34. The molecule has 1 aromatic heterocycles. The fourth-order valence-corrected chi connectivity index (χ4v) is 3.32. The standard InChI is InChI=1S/C16H16Cl2N2O3S/c1-3-20(9-11-5-7-14(18)24-11)16(22)19-10-4-6-13(17)12(8-10)15(21)23-2/h4-8H,3,9H2,1-2H3,(H,19,22). The van der Waals surface area contributed by atoms with Gasteiger partial charge < -0.3 is 15.0 Å². The van der Waals surface area contributed by atoms with Gasteiger partial charge in [0.15, 0.2) is 0 Å². The number of carbonyl (C=O) groups is 2. The maximum Gasteiger partial charge on any atom is 0.339 e. The molecule has 0 saturated heterocycles. The first-order chi connectivity index (χ1) is 11.4. The highest BCUT2D eigenvalue weighted by Crippen LogP contribution is 2.24. The van der Waals surface area contributed by atoms with E-state index in [1.54, 1.807) is 23.1 Å². The van der Waals surface area contributed by atoms with Gasteiger partial charge >= 0.3 is 12.0 Å². The number of thiophene rings is 1. The van der Waals surface area contributed by atoms with Crippen molar-refractivity contribution >= 4 is 52.2 Å². The number of esters is 1. The van der Waals surface area contributed by atoms with E-state index in [4.69, 9.17) is 23.2 Å². The number of anilines is 1. The van der Waals surface area contributed by atoms with Gasteiger partial charge in [-0.3, -0.25) is 0 Å². The van der Waals surface area contributed by atoms with Crippen molar-refractivity contribution in [3.05, 3.63) is 50.1 Å². The summed E-state index contributed by atoms with van der Waals surface area (Å²) in [5.41, 5.74) is 0.664. The van der Waals surface area contributed by atoms with Crippen molar-refractivity contribution in [3.8, 4) is 0 Å². The van der Waals surface area contributed by atoms with E-state index in [0.29, 0.717) is 23.1 Å². The van der Waals surface area contributed by atoms with Crippen LogP contribution in [0.5, 0.6) is 0 Å². The molecule has 0 aliphatic rings. The van der Waals surface area contributed by atoms with E-state index in [1.807, 2.05) is 13.0 Å². The Kier molecular flexibility index (Phi) is 6.48.